The van der Waals surface area contributed by atoms with Crippen LogP contribution in [0.4, 0.5) is 0 Å². The molecule has 2 heteroatoms. The molecule has 132 valence electrons. The zero-order chi connectivity index (χ0) is 16.7. The van der Waals surface area contributed by atoms with E-state index >= 15 is 0 Å². The van der Waals surface area contributed by atoms with Crippen LogP contribution in [0.2, 0.25) is 0 Å². The molecule has 0 unspecified atom stereocenters. The number of nitrogens with zero attached hydrogens (tertiary/aromatic N) is 2. The van der Waals surface area contributed by atoms with Gasteiger partial charge in [-0.1, -0.05) is 13.8 Å². The fraction of sp³-hybridized carbons (Fsp3) is 0.905. The minimum Gasteiger partial charge on any atom is -0.291 e. The zero-order valence-corrected chi connectivity index (χ0v) is 16.0. The van der Waals surface area contributed by atoms with Gasteiger partial charge in [-0.15, -0.1) is 0 Å². The molecule has 2 nitrogen and oxygen atoms in total. The van der Waals surface area contributed by atoms with Crippen molar-refractivity contribution in [1.29, 1.82) is 0 Å². The Hall–Kier alpha value is -0.660. The fourth-order valence-electron chi connectivity index (χ4n) is 4.30. The Bertz CT molecular complexity index is 356. The highest BCUT2D eigenvalue weighted by atomic mass is 14.8. The first-order valence-electron chi connectivity index (χ1n) is 10.2. The van der Waals surface area contributed by atoms with Crippen molar-refractivity contribution in [1.82, 2.24) is 0 Å². The number of aliphatic imine (C=N–C) groups is 2. The third-order valence-corrected chi connectivity index (χ3v) is 6.13. The zero-order valence-electron chi connectivity index (χ0n) is 16.0. The summed E-state index contributed by atoms with van der Waals surface area (Å²) in [5.41, 5.74) is 2.68. The van der Waals surface area contributed by atoms with Crippen LogP contribution in [0.1, 0.15) is 98.3 Å². The molecule has 0 saturated heterocycles. The average molecular weight is 319 g/mol. The molecule has 2 aliphatic rings. The lowest BCUT2D eigenvalue weighted by atomic mass is 9.76. The summed E-state index contributed by atoms with van der Waals surface area (Å²) < 4.78 is 0. The van der Waals surface area contributed by atoms with Gasteiger partial charge in [0, 0.05) is 23.5 Å². The minimum atomic E-state index is 0.633. The molecule has 0 aromatic rings. The standard InChI is InChI=1S/C21H38N2/c1-5-16(3)22-20-11-7-18(8-12-20)15-19-9-13-21(14-10-19)23-17(4)6-2/h18-21H,5-15H2,1-4H3. The number of rotatable bonds is 6. The monoisotopic (exact) mass is 318 g/mol. The summed E-state index contributed by atoms with van der Waals surface area (Å²) >= 11 is 0. The van der Waals surface area contributed by atoms with E-state index in [4.69, 9.17) is 9.98 Å². The summed E-state index contributed by atoms with van der Waals surface area (Å²) in [7, 11) is 0. The Labute approximate surface area is 144 Å². The highest BCUT2D eigenvalue weighted by Gasteiger charge is 2.26. The van der Waals surface area contributed by atoms with E-state index in [-0.39, 0.29) is 0 Å². The van der Waals surface area contributed by atoms with Crippen molar-refractivity contribution >= 4 is 11.4 Å². The number of hydrogen-bond donors (Lipinski definition) is 0. The molecule has 0 bridgehead atoms. The largest absolute Gasteiger partial charge is 0.291 e. The predicted molar refractivity (Wildman–Crippen MR) is 103 cm³/mol. The van der Waals surface area contributed by atoms with Gasteiger partial charge in [-0.2, -0.15) is 0 Å². The first kappa shape index (κ1) is 18.7. The Kier molecular flexibility index (Phi) is 7.79. The van der Waals surface area contributed by atoms with E-state index in [2.05, 4.69) is 27.7 Å². The molecule has 0 heterocycles. The van der Waals surface area contributed by atoms with Crippen LogP contribution in [0.3, 0.4) is 0 Å². The van der Waals surface area contributed by atoms with Crippen molar-refractivity contribution in [3.63, 3.8) is 0 Å². The van der Waals surface area contributed by atoms with Crippen molar-refractivity contribution in [2.24, 2.45) is 21.8 Å². The maximum atomic E-state index is 4.88. The molecule has 0 spiro atoms. The van der Waals surface area contributed by atoms with Gasteiger partial charge in [-0.05, 0) is 96.3 Å². The van der Waals surface area contributed by atoms with E-state index < -0.39 is 0 Å². The summed E-state index contributed by atoms with van der Waals surface area (Å²) in [5.74, 6) is 1.96. The van der Waals surface area contributed by atoms with Crippen LogP contribution in [-0.2, 0) is 0 Å². The molecular formula is C21H38N2. The quantitative estimate of drug-likeness (QED) is 0.518. The van der Waals surface area contributed by atoms with Crippen molar-refractivity contribution in [2.45, 2.75) is 110 Å². The van der Waals surface area contributed by atoms with Gasteiger partial charge in [-0.3, -0.25) is 9.98 Å². The van der Waals surface area contributed by atoms with Gasteiger partial charge in [0.25, 0.3) is 0 Å². The van der Waals surface area contributed by atoms with Gasteiger partial charge in [0.15, 0.2) is 0 Å². The van der Waals surface area contributed by atoms with Crippen LogP contribution >= 0.6 is 0 Å². The lowest BCUT2D eigenvalue weighted by Gasteiger charge is -2.32. The lowest BCUT2D eigenvalue weighted by molar-refractivity contribution is 0.226. The minimum absolute atomic E-state index is 0.633. The predicted octanol–water partition coefficient (Wildman–Crippen LogP) is 6.24. The Morgan fingerprint density at radius 3 is 1.30 bits per heavy atom. The van der Waals surface area contributed by atoms with Crippen molar-refractivity contribution in [3.05, 3.63) is 0 Å². The first-order valence-corrected chi connectivity index (χ1v) is 10.2. The molecule has 0 atom stereocenters. The van der Waals surface area contributed by atoms with Crippen LogP contribution in [0.25, 0.3) is 0 Å². The third-order valence-electron chi connectivity index (χ3n) is 6.13. The van der Waals surface area contributed by atoms with Gasteiger partial charge >= 0.3 is 0 Å². The van der Waals surface area contributed by atoms with Gasteiger partial charge in [0.2, 0.25) is 0 Å². The van der Waals surface area contributed by atoms with E-state index in [1.165, 1.54) is 69.2 Å². The van der Waals surface area contributed by atoms with Crippen LogP contribution in [0.5, 0.6) is 0 Å². The van der Waals surface area contributed by atoms with E-state index in [0.717, 1.165) is 24.7 Å². The second kappa shape index (κ2) is 9.59. The topological polar surface area (TPSA) is 24.7 Å². The lowest BCUT2D eigenvalue weighted by Crippen LogP contribution is -2.23. The summed E-state index contributed by atoms with van der Waals surface area (Å²) in [4.78, 5) is 9.77. The SMILES string of the molecule is CCC(C)=NC1CCC(CC2CCC(N=C(C)CC)CC2)CC1. The maximum absolute atomic E-state index is 4.88. The maximum Gasteiger partial charge on any atom is 0.0499 e. The molecule has 2 aliphatic carbocycles. The smallest absolute Gasteiger partial charge is 0.0499 e. The van der Waals surface area contributed by atoms with Gasteiger partial charge in [-0.25, -0.2) is 0 Å². The molecule has 0 aromatic heterocycles. The van der Waals surface area contributed by atoms with E-state index in [9.17, 15) is 0 Å². The van der Waals surface area contributed by atoms with E-state index in [0.29, 0.717) is 12.1 Å². The number of hydrogen-bond acceptors (Lipinski definition) is 2. The molecule has 2 rings (SSSR count). The molecule has 0 radical (unpaired) electrons. The molecule has 23 heavy (non-hydrogen) atoms. The Morgan fingerprint density at radius 2 is 1.00 bits per heavy atom. The Morgan fingerprint density at radius 1 is 0.652 bits per heavy atom. The van der Waals surface area contributed by atoms with Crippen molar-refractivity contribution in [3.8, 4) is 0 Å². The molecular weight excluding hydrogens is 280 g/mol. The molecule has 0 amide bonds. The second-order valence-corrected chi connectivity index (χ2v) is 8.02. The summed E-state index contributed by atoms with van der Waals surface area (Å²) in [6, 6.07) is 1.27. The molecule has 2 fully saturated rings. The average Bonchev–Trinajstić information content (AvgIpc) is 2.58. The van der Waals surface area contributed by atoms with Crippen LogP contribution in [-0.4, -0.2) is 23.5 Å². The summed E-state index contributed by atoms with van der Waals surface area (Å²) in [5, 5.41) is 0. The molecule has 0 aliphatic heterocycles. The normalized spacial score (nSPS) is 33.7. The van der Waals surface area contributed by atoms with Gasteiger partial charge < -0.3 is 0 Å². The second-order valence-electron chi connectivity index (χ2n) is 8.02. The van der Waals surface area contributed by atoms with Crippen molar-refractivity contribution in [2.75, 3.05) is 0 Å². The fourth-order valence-corrected chi connectivity index (χ4v) is 4.30. The van der Waals surface area contributed by atoms with E-state index in [1.807, 2.05) is 0 Å². The molecule has 0 N–H and O–H groups in total. The highest BCUT2D eigenvalue weighted by molar-refractivity contribution is 5.82. The van der Waals surface area contributed by atoms with Crippen molar-refractivity contribution < 1.29 is 0 Å². The van der Waals surface area contributed by atoms with E-state index in [1.54, 1.807) is 0 Å². The third kappa shape index (κ3) is 6.39. The summed E-state index contributed by atoms with van der Waals surface area (Å²) in [6.07, 6.45) is 14.7. The van der Waals surface area contributed by atoms with Crippen LogP contribution in [0.15, 0.2) is 9.98 Å². The van der Waals surface area contributed by atoms with Gasteiger partial charge in [0.1, 0.15) is 0 Å². The summed E-state index contributed by atoms with van der Waals surface area (Å²) in [6.45, 7) is 8.81. The molecule has 2 saturated carbocycles. The highest BCUT2D eigenvalue weighted by Crippen LogP contribution is 2.36. The first-order chi connectivity index (χ1) is 11.1. The van der Waals surface area contributed by atoms with Crippen LogP contribution in [0, 0.1) is 11.8 Å². The van der Waals surface area contributed by atoms with Crippen LogP contribution < -0.4 is 0 Å². The Balaban J connectivity index is 1.68. The molecule has 0 aromatic carbocycles. The van der Waals surface area contributed by atoms with Gasteiger partial charge in [0.05, 0.1) is 0 Å².